The SMILES string of the molecule is c1ccc(-c2nc([NH+]3CCOCC3)c3oc4ccccc4c3n2)cc1. The molecule has 0 unspecified atom stereocenters. The van der Waals surface area contributed by atoms with Gasteiger partial charge >= 0.3 is 0 Å². The number of rotatable bonds is 2. The lowest BCUT2D eigenvalue weighted by molar-refractivity contribution is -0.844. The Kier molecular flexibility index (Phi) is 3.47. The summed E-state index contributed by atoms with van der Waals surface area (Å²) >= 11 is 0. The molecule has 5 heteroatoms. The number of morpholine rings is 1. The quantitative estimate of drug-likeness (QED) is 0.613. The van der Waals surface area contributed by atoms with Crippen LogP contribution in [-0.4, -0.2) is 36.3 Å². The van der Waals surface area contributed by atoms with Gasteiger partial charge in [-0.2, -0.15) is 4.98 Å². The molecule has 0 atom stereocenters. The van der Waals surface area contributed by atoms with Crippen molar-refractivity contribution in [3.63, 3.8) is 0 Å². The van der Waals surface area contributed by atoms with Crippen LogP contribution in [0.3, 0.4) is 0 Å². The van der Waals surface area contributed by atoms with Crippen molar-refractivity contribution in [2.45, 2.75) is 0 Å². The number of nitrogens with one attached hydrogen (secondary N) is 1. The van der Waals surface area contributed by atoms with Crippen LogP contribution in [0.5, 0.6) is 0 Å². The molecule has 0 saturated carbocycles. The van der Waals surface area contributed by atoms with Crippen molar-refractivity contribution in [1.82, 2.24) is 9.97 Å². The van der Waals surface area contributed by atoms with Crippen molar-refractivity contribution in [2.75, 3.05) is 26.3 Å². The number of hydrogen-bond acceptors (Lipinski definition) is 4. The van der Waals surface area contributed by atoms with E-state index in [-0.39, 0.29) is 0 Å². The van der Waals surface area contributed by atoms with E-state index in [1.165, 1.54) is 4.90 Å². The van der Waals surface area contributed by atoms with Crippen molar-refractivity contribution in [3.8, 4) is 11.4 Å². The van der Waals surface area contributed by atoms with Gasteiger partial charge in [-0.05, 0) is 12.1 Å². The Morgan fingerprint density at radius 1 is 0.840 bits per heavy atom. The highest BCUT2D eigenvalue weighted by Gasteiger charge is 2.26. The van der Waals surface area contributed by atoms with Crippen LogP contribution in [0, 0.1) is 0 Å². The van der Waals surface area contributed by atoms with Crippen LogP contribution < -0.4 is 4.90 Å². The Bertz CT molecular complexity index is 1040. The van der Waals surface area contributed by atoms with Gasteiger partial charge in [0, 0.05) is 10.9 Å². The zero-order valence-corrected chi connectivity index (χ0v) is 13.7. The molecule has 2 aromatic heterocycles. The first-order valence-electron chi connectivity index (χ1n) is 8.58. The molecule has 0 spiro atoms. The second-order valence-electron chi connectivity index (χ2n) is 6.25. The first-order chi connectivity index (χ1) is 12.4. The zero-order valence-electron chi connectivity index (χ0n) is 13.7. The molecule has 4 aromatic rings. The maximum atomic E-state index is 6.14. The van der Waals surface area contributed by atoms with Crippen LogP contribution in [0.25, 0.3) is 33.5 Å². The molecule has 1 aliphatic rings. The molecule has 5 nitrogen and oxygen atoms in total. The Morgan fingerprint density at radius 3 is 2.44 bits per heavy atom. The molecule has 25 heavy (non-hydrogen) atoms. The van der Waals surface area contributed by atoms with Gasteiger partial charge < -0.3 is 9.15 Å². The van der Waals surface area contributed by atoms with Gasteiger partial charge in [0.15, 0.2) is 5.82 Å². The van der Waals surface area contributed by atoms with Crippen molar-refractivity contribution in [1.29, 1.82) is 0 Å². The Labute approximate surface area is 144 Å². The highest BCUT2D eigenvalue weighted by molar-refractivity contribution is 6.05. The van der Waals surface area contributed by atoms with Gasteiger partial charge in [-0.3, -0.25) is 4.90 Å². The zero-order chi connectivity index (χ0) is 16.6. The number of hydrogen-bond donors (Lipinski definition) is 1. The van der Waals surface area contributed by atoms with E-state index in [0.717, 1.165) is 65.6 Å². The van der Waals surface area contributed by atoms with Crippen molar-refractivity contribution >= 4 is 27.9 Å². The average molecular weight is 332 g/mol. The Balaban J connectivity index is 1.80. The fraction of sp³-hybridized carbons (Fsp3) is 0.200. The third-order valence-electron chi connectivity index (χ3n) is 4.68. The smallest absolute Gasteiger partial charge is 0.274 e. The normalized spacial score (nSPS) is 15.8. The third kappa shape index (κ3) is 2.49. The third-order valence-corrected chi connectivity index (χ3v) is 4.68. The number of nitrogens with zero attached hydrogens (tertiary/aromatic N) is 2. The van der Waals surface area contributed by atoms with E-state index in [9.17, 15) is 0 Å². The fourth-order valence-electron chi connectivity index (χ4n) is 3.40. The van der Waals surface area contributed by atoms with Crippen molar-refractivity contribution in [3.05, 3.63) is 54.6 Å². The molecule has 0 bridgehead atoms. The molecule has 1 aliphatic heterocycles. The minimum absolute atomic E-state index is 0.738. The number of ether oxygens (including phenoxy) is 1. The summed E-state index contributed by atoms with van der Waals surface area (Å²) in [5.41, 5.74) is 3.55. The first kappa shape index (κ1) is 14.6. The lowest BCUT2D eigenvalue weighted by atomic mass is 10.2. The van der Waals surface area contributed by atoms with Gasteiger partial charge in [-0.1, -0.05) is 42.5 Å². The second-order valence-corrected chi connectivity index (χ2v) is 6.25. The van der Waals surface area contributed by atoms with Crippen LogP contribution in [0.1, 0.15) is 0 Å². The van der Waals surface area contributed by atoms with Gasteiger partial charge in [0.2, 0.25) is 5.58 Å². The van der Waals surface area contributed by atoms with Gasteiger partial charge in [0.05, 0.1) is 13.2 Å². The lowest BCUT2D eigenvalue weighted by Crippen LogP contribution is -3.09. The summed E-state index contributed by atoms with van der Waals surface area (Å²) in [6, 6.07) is 18.2. The summed E-state index contributed by atoms with van der Waals surface area (Å²) in [4.78, 5) is 11.0. The van der Waals surface area contributed by atoms with Gasteiger partial charge in [0.1, 0.15) is 24.2 Å². The van der Waals surface area contributed by atoms with E-state index < -0.39 is 0 Å². The van der Waals surface area contributed by atoms with Crippen LogP contribution >= 0.6 is 0 Å². The fourth-order valence-corrected chi connectivity index (χ4v) is 3.40. The molecule has 0 aliphatic carbocycles. The van der Waals surface area contributed by atoms with Crippen LogP contribution in [0.2, 0.25) is 0 Å². The molecule has 0 amide bonds. The number of furan rings is 1. The second kappa shape index (κ2) is 5.95. The standard InChI is InChI=1S/C20H17N3O2/c1-2-6-14(7-3-1)19-21-17-15-8-4-5-9-16(15)25-18(17)20(22-19)23-10-12-24-13-11-23/h1-9H,10-13H2/p+1. The van der Waals surface area contributed by atoms with E-state index in [1.807, 2.05) is 48.5 Å². The van der Waals surface area contributed by atoms with Crippen LogP contribution in [0.4, 0.5) is 5.82 Å². The van der Waals surface area contributed by atoms with Crippen molar-refractivity contribution in [2.24, 2.45) is 0 Å². The highest BCUT2D eigenvalue weighted by atomic mass is 16.5. The molecule has 1 N–H and O–H groups in total. The number of fused-ring (bicyclic) bond motifs is 3. The lowest BCUT2D eigenvalue weighted by Gasteiger charge is -2.22. The van der Waals surface area contributed by atoms with Gasteiger partial charge in [-0.25, -0.2) is 4.98 Å². The average Bonchev–Trinajstić information content (AvgIpc) is 3.07. The summed E-state index contributed by atoms with van der Waals surface area (Å²) in [6.45, 7) is 3.25. The molecule has 1 fully saturated rings. The predicted molar refractivity (Wildman–Crippen MR) is 95.9 cm³/mol. The monoisotopic (exact) mass is 332 g/mol. The largest absolute Gasteiger partial charge is 0.446 e. The van der Waals surface area contributed by atoms with E-state index in [4.69, 9.17) is 19.1 Å². The molecular weight excluding hydrogens is 314 g/mol. The predicted octanol–water partition coefficient (Wildman–Crippen LogP) is 2.59. The summed E-state index contributed by atoms with van der Waals surface area (Å²) in [6.07, 6.45) is 0. The number of aromatic nitrogens is 2. The summed E-state index contributed by atoms with van der Waals surface area (Å²) in [5.74, 6) is 1.68. The molecule has 1 saturated heterocycles. The highest BCUT2D eigenvalue weighted by Crippen LogP contribution is 2.31. The topological polar surface area (TPSA) is 52.6 Å². The molecule has 3 heterocycles. The number of benzene rings is 2. The minimum atomic E-state index is 0.738. The van der Waals surface area contributed by atoms with Crippen LogP contribution in [-0.2, 0) is 4.74 Å². The molecular formula is C20H18N3O2+. The Morgan fingerprint density at radius 2 is 1.60 bits per heavy atom. The van der Waals surface area contributed by atoms with Gasteiger partial charge in [0.25, 0.3) is 5.82 Å². The van der Waals surface area contributed by atoms with Crippen molar-refractivity contribution < 1.29 is 14.1 Å². The van der Waals surface area contributed by atoms with E-state index in [1.54, 1.807) is 0 Å². The van der Waals surface area contributed by atoms with Crippen LogP contribution in [0.15, 0.2) is 59.0 Å². The minimum Gasteiger partial charge on any atom is -0.446 e. The molecule has 124 valence electrons. The first-order valence-corrected chi connectivity index (χ1v) is 8.58. The number of para-hydroxylation sites is 1. The Hall–Kier alpha value is -2.76. The summed E-state index contributed by atoms with van der Waals surface area (Å²) in [7, 11) is 0. The van der Waals surface area contributed by atoms with E-state index in [0.29, 0.717) is 0 Å². The maximum absolute atomic E-state index is 6.14. The molecule has 2 aromatic carbocycles. The summed E-state index contributed by atoms with van der Waals surface area (Å²) in [5, 5.41) is 1.03. The molecule has 5 rings (SSSR count). The van der Waals surface area contributed by atoms with E-state index >= 15 is 0 Å². The van der Waals surface area contributed by atoms with Gasteiger partial charge in [-0.15, -0.1) is 0 Å². The maximum Gasteiger partial charge on any atom is 0.274 e. The number of quaternary nitrogens is 1. The summed E-state index contributed by atoms with van der Waals surface area (Å²) < 4.78 is 11.7. The molecule has 0 radical (unpaired) electrons. The van der Waals surface area contributed by atoms with E-state index in [2.05, 4.69) is 6.07 Å².